The predicted molar refractivity (Wildman–Crippen MR) is 89.5 cm³/mol. The zero-order valence-corrected chi connectivity index (χ0v) is 13.8. The average Bonchev–Trinajstić information content (AvgIpc) is 2.60. The Hall–Kier alpha value is -2.15. The molecule has 0 bridgehead atoms. The van der Waals surface area contributed by atoms with Crippen molar-refractivity contribution in [3.05, 3.63) is 39.5 Å². The molecule has 1 aliphatic carbocycles. The molecule has 1 fully saturated rings. The maximum absolute atomic E-state index is 14.6. The van der Waals surface area contributed by atoms with E-state index in [2.05, 4.69) is 7.05 Å². The predicted octanol–water partition coefficient (Wildman–Crippen LogP) is 0.254. The Kier molecular flexibility index (Phi) is 3.68. The average molecular weight is 333 g/mol. The molecule has 6 nitrogen and oxygen atoms in total. The molecule has 7 heteroatoms. The van der Waals surface area contributed by atoms with Gasteiger partial charge in [-0.25, -0.2) is 4.39 Å². The minimum atomic E-state index is -0.428. The molecule has 128 valence electrons. The Morgan fingerprint density at radius 1 is 1.21 bits per heavy atom. The number of rotatable bonds is 1. The normalized spacial score (nSPS) is 18.8. The fourth-order valence-corrected chi connectivity index (χ4v) is 3.84. The molecule has 2 aliphatic rings. The van der Waals surface area contributed by atoms with Crippen molar-refractivity contribution in [2.75, 3.05) is 38.1 Å². The van der Waals surface area contributed by atoms with Gasteiger partial charge in [0.25, 0.3) is 11.2 Å². The van der Waals surface area contributed by atoms with Crippen LogP contribution in [-0.2, 0) is 12.8 Å². The zero-order valence-electron chi connectivity index (χ0n) is 13.8. The van der Waals surface area contributed by atoms with E-state index in [9.17, 15) is 14.5 Å². The van der Waals surface area contributed by atoms with Crippen molar-refractivity contribution in [1.82, 2.24) is 4.73 Å². The highest BCUT2D eigenvalue weighted by atomic mass is 19.1. The number of aromatic nitrogens is 2. The maximum atomic E-state index is 14.6. The minimum Gasteiger partial charge on any atom is -0.805 e. The van der Waals surface area contributed by atoms with Crippen LogP contribution in [0, 0.1) is 15.9 Å². The van der Waals surface area contributed by atoms with Crippen LogP contribution < -0.4 is 14.2 Å². The third-order valence-electron chi connectivity index (χ3n) is 5.34. The van der Waals surface area contributed by atoms with Gasteiger partial charge in [-0.3, -0.25) is 0 Å². The fraction of sp³-hybridized carbons (Fsp3) is 0.529. The summed E-state index contributed by atoms with van der Waals surface area (Å²) in [5, 5.41) is 12.6. The van der Waals surface area contributed by atoms with E-state index >= 15 is 0 Å². The number of hydrogen-bond donors (Lipinski definition) is 1. The summed E-state index contributed by atoms with van der Waals surface area (Å²) >= 11 is 0. The van der Waals surface area contributed by atoms with Crippen molar-refractivity contribution in [1.29, 1.82) is 0 Å². The summed E-state index contributed by atoms with van der Waals surface area (Å²) in [5.41, 5.74) is 1.87. The lowest BCUT2D eigenvalue weighted by atomic mass is 10.00. The number of nitrogens with one attached hydrogen (secondary N) is 1. The molecule has 1 N–H and O–H groups in total. The topological polar surface area (TPSA) is 58.6 Å². The van der Waals surface area contributed by atoms with Gasteiger partial charge in [-0.1, -0.05) is 0 Å². The summed E-state index contributed by atoms with van der Waals surface area (Å²) < 4.78 is 16.2. The highest BCUT2D eigenvalue weighted by Gasteiger charge is 2.28. The van der Waals surface area contributed by atoms with E-state index in [0.29, 0.717) is 29.9 Å². The van der Waals surface area contributed by atoms with Gasteiger partial charge < -0.3 is 19.7 Å². The van der Waals surface area contributed by atoms with Crippen LogP contribution in [0.15, 0.2) is 12.1 Å². The van der Waals surface area contributed by atoms with Crippen LogP contribution >= 0.6 is 0 Å². The van der Waals surface area contributed by atoms with E-state index in [0.717, 1.165) is 48.2 Å². The van der Waals surface area contributed by atoms with Gasteiger partial charge in [-0.2, -0.15) is 0 Å². The number of hydrogen-bond acceptors (Lipinski definition) is 3. The Bertz CT molecular complexity index is 856. The minimum absolute atomic E-state index is 0.131. The van der Waals surface area contributed by atoms with Gasteiger partial charge in [0.1, 0.15) is 11.3 Å². The van der Waals surface area contributed by atoms with Gasteiger partial charge in [-0.05, 0) is 19.3 Å². The molecular formula is C17H22FN4O2+. The van der Waals surface area contributed by atoms with Crippen molar-refractivity contribution >= 4 is 16.7 Å². The lowest BCUT2D eigenvalue weighted by Gasteiger charge is -2.32. The monoisotopic (exact) mass is 333 g/mol. The summed E-state index contributed by atoms with van der Waals surface area (Å²) in [7, 11) is 2.12. The second-order valence-electron chi connectivity index (χ2n) is 6.93. The Labute approximate surface area is 139 Å². The van der Waals surface area contributed by atoms with Crippen LogP contribution in [0.1, 0.15) is 24.2 Å². The SMILES string of the molecule is C[NH+]1CCN(c2cc3c(cc2F)n([O-])c2c([n+]3=O)CCCC2)CC1. The Morgan fingerprint density at radius 3 is 2.67 bits per heavy atom. The molecule has 0 radical (unpaired) electrons. The van der Waals surface area contributed by atoms with Crippen LogP contribution in [0.5, 0.6) is 0 Å². The van der Waals surface area contributed by atoms with Gasteiger partial charge in [0.2, 0.25) is 0 Å². The molecule has 2 aromatic rings. The van der Waals surface area contributed by atoms with Crippen LogP contribution in [0.3, 0.4) is 0 Å². The first-order chi connectivity index (χ1) is 11.6. The van der Waals surface area contributed by atoms with Crippen LogP contribution in [0.2, 0.25) is 0 Å². The van der Waals surface area contributed by atoms with Gasteiger partial charge in [0.15, 0.2) is 0 Å². The summed E-state index contributed by atoms with van der Waals surface area (Å²) in [5.74, 6) is -0.428. The smallest absolute Gasteiger partial charge is 0.288 e. The van der Waals surface area contributed by atoms with Crippen molar-refractivity contribution in [3.8, 4) is 0 Å². The summed E-state index contributed by atoms with van der Waals surface area (Å²) in [6.07, 6.45) is 3.00. The largest absolute Gasteiger partial charge is 0.805 e. The number of likely N-dealkylation sites (N-methyl/N-ethyl adjacent to an activating group) is 1. The van der Waals surface area contributed by atoms with Crippen LogP contribution in [0.4, 0.5) is 10.1 Å². The van der Waals surface area contributed by atoms with E-state index in [1.54, 1.807) is 6.07 Å². The highest BCUT2D eigenvalue weighted by Crippen LogP contribution is 2.27. The van der Waals surface area contributed by atoms with Gasteiger partial charge >= 0.3 is 0 Å². The molecular weight excluding hydrogens is 311 g/mol. The quantitative estimate of drug-likeness (QED) is 0.762. The van der Waals surface area contributed by atoms with Gasteiger partial charge in [0, 0.05) is 23.5 Å². The Balaban J connectivity index is 1.88. The Morgan fingerprint density at radius 2 is 1.92 bits per heavy atom. The zero-order chi connectivity index (χ0) is 16.8. The summed E-state index contributed by atoms with van der Waals surface area (Å²) in [6, 6.07) is 2.79. The number of benzene rings is 1. The van der Waals surface area contributed by atoms with E-state index in [1.165, 1.54) is 11.0 Å². The van der Waals surface area contributed by atoms with Gasteiger partial charge in [-0.15, -0.1) is 0 Å². The molecule has 1 aliphatic heterocycles. The van der Waals surface area contributed by atoms with Crippen molar-refractivity contribution < 1.29 is 13.7 Å². The lowest BCUT2D eigenvalue weighted by Crippen LogP contribution is -3.12. The van der Waals surface area contributed by atoms with Gasteiger partial charge in [0.05, 0.1) is 49.0 Å². The first-order valence-electron chi connectivity index (χ1n) is 8.62. The first-order valence-corrected chi connectivity index (χ1v) is 8.62. The summed E-state index contributed by atoms with van der Waals surface area (Å²) in [4.78, 5) is 16.1. The molecule has 0 amide bonds. The molecule has 0 spiro atoms. The third kappa shape index (κ3) is 2.34. The van der Waals surface area contributed by atoms with Crippen molar-refractivity contribution in [2.24, 2.45) is 0 Å². The molecule has 0 saturated carbocycles. The molecule has 4 rings (SSSR count). The number of halogens is 1. The maximum Gasteiger partial charge on any atom is 0.288 e. The van der Waals surface area contributed by atoms with Crippen molar-refractivity contribution in [3.63, 3.8) is 0 Å². The molecule has 24 heavy (non-hydrogen) atoms. The van der Waals surface area contributed by atoms with E-state index in [-0.39, 0.29) is 11.0 Å². The van der Waals surface area contributed by atoms with E-state index < -0.39 is 5.82 Å². The number of nitrogens with zero attached hydrogens (tertiary/aromatic N) is 3. The molecule has 1 saturated heterocycles. The van der Waals surface area contributed by atoms with E-state index in [1.807, 2.05) is 4.90 Å². The lowest BCUT2D eigenvalue weighted by molar-refractivity contribution is -0.880. The number of quaternary nitrogens is 1. The molecule has 1 aromatic carbocycles. The standard InChI is InChI=1S/C17H21FN4O2/c1-19-6-8-20(9-7-19)15-11-17-16(10-12(15)18)21(23)13-4-2-3-5-14(13)22(17)24/h10-11H,2-9H2,1H3/p+1. The van der Waals surface area contributed by atoms with Crippen LogP contribution in [0.25, 0.3) is 11.0 Å². The first kappa shape index (κ1) is 15.4. The number of piperazine rings is 1. The fourth-order valence-electron chi connectivity index (χ4n) is 3.84. The number of fused-ring (bicyclic) bond motifs is 2. The summed E-state index contributed by atoms with van der Waals surface area (Å²) in [6.45, 7) is 3.35. The number of anilines is 1. The van der Waals surface area contributed by atoms with Crippen LogP contribution in [-0.4, -0.2) is 38.0 Å². The third-order valence-corrected chi connectivity index (χ3v) is 5.34. The highest BCUT2D eigenvalue weighted by molar-refractivity contribution is 5.78. The second kappa shape index (κ2) is 5.73. The van der Waals surface area contributed by atoms with Crippen molar-refractivity contribution in [2.45, 2.75) is 25.7 Å². The van der Waals surface area contributed by atoms with E-state index in [4.69, 9.17) is 0 Å². The molecule has 0 unspecified atom stereocenters. The molecule has 1 aromatic heterocycles. The molecule has 0 atom stereocenters. The second-order valence-corrected chi connectivity index (χ2v) is 6.93. The molecule has 2 heterocycles.